The molecule has 4 aliphatic rings. The van der Waals surface area contributed by atoms with Gasteiger partial charge >= 0.3 is 0 Å². The lowest BCUT2D eigenvalue weighted by atomic mass is 9.61. The average Bonchev–Trinajstić information content (AvgIpc) is 3.38. The van der Waals surface area contributed by atoms with Gasteiger partial charge < -0.3 is 14.5 Å². The Kier molecular flexibility index (Phi) is 5.11. The third-order valence-corrected chi connectivity index (χ3v) is 9.13. The summed E-state index contributed by atoms with van der Waals surface area (Å²) < 4.78 is 35.7. The van der Waals surface area contributed by atoms with Crippen molar-refractivity contribution in [2.75, 3.05) is 31.6 Å². The number of aromatic nitrogens is 3. The van der Waals surface area contributed by atoms with E-state index in [0.29, 0.717) is 29.5 Å². The molecule has 6 rings (SSSR count). The van der Waals surface area contributed by atoms with E-state index in [1.54, 1.807) is 13.3 Å². The molecule has 3 fully saturated rings. The van der Waals surface area contributed by atoms with Crippen molar-refractivity contribution in [3.63, 3.8) is 0 Å². The smallest absolute Gasteiger partial charge is 0.246 e. The molecule has 0 aromatic carbocycles. The van der Waals surface area contributed by atoms with Crippen LogP contribution in [-0.4, -0.2) is 67.7 Å². The fourth-order valence-electron chi connectivity index (χ4n) is 5.39. The number of methoxy groups -OCH3 is 1. The van der Waals surface area contributed by atoms with Gasteiger partial charge in [-0.05, 0) is 50.0 Å². The van der Waals surface area contributed by atoms with Crippen molar-refractivity contribution in [3.05, 3.63) is 18.5 Å². The van der Waals surface area contributed by atoms with Crippen LogP contribution in [0.5, 0.6) is 0 Å². The van der Waals surface area contributed by atoms with Crippen LogP contribution < -0.4 is 9.62 Å². The number of rotatable bonds is 7. The fraction of sp³-hybridized carbons (Fsp3) is 0.682. The number of piperidine rings is 1. The first-order chi connectivity index (χ1) is 15.9. The molecule has 2 saturated carbocycles. The number of oxime groups is 1. The molecule has 33 heavy (non-hydrogen) atoms. The van der Waals surface area contributed by atoms with Crippen LogP contribution in [0.1, 0.15) is 44.9 Å². The van der Waals surface area contributed by atoms with Gasteiger partial charge in [0.15, 0.2) is 5.65 Å². The zero-order chi connectivity index (χ0) is 22.6. The van der Waals surface area contributed by atoms with Crippen molar-refractivity contribution in [1.82, 2.24) is 19.3 Å². The van der Waals surface area contributed by atoms with E-state index in [9.17, 15) is 8.42 Å². The third kappa shape index (κ3) is 4.00. The highest BCUT2D eigenvalue weighted by Gasteiger charge is 2.46. The molecule has 11 heteroatoms. The molecule has 0 bridgehead atoms. The lowest BCUT2D eigenvalue weighted by Gasteiger charge is -2.51. The number of anilines is 1. The normalized spacial score (nSPS) is 25.3. The molecule has 1 saturated heterocycles. The minimum atomic E-state index is -3.78. The Bertz CT molecular complexity index is 1170. The summed E-state index contributed by atoms with van der Waals surface area (Å²) in [6, 6.07) is 1.91. The maximum absolute atomic E-state index is 13.0. The predicted molar refractivity (Wildman–Crippen MR) is 122 cm³/mol. The number of fused-ring (bicyclic) bond motifs is 1. The minimum Gasteiger partial charge on any atom is -0.391 e. The molecule has 0 amide bonds. The summed E-state index contributed by atoms with van der Waals surface area (Å²) in [6.07, 6.45) is 10.8. The number of nitrogens with zero attached hydrogens (tertiary/aromatic N) is 5. The van der Waals surface area contributed by atoms with Gasteiger partial charge in [0.25, 0.3) is 0 Å². The van der Waals surface area contributed by atoms with Gasteiger partial charge in [-0.15, -0.1) is 0 Å². The van der Waals surface area contributed by atoms with Crippen LogP contribution in [0.2, 0.25) is 0 Å². The molecule has 2 aliphatic carbocycles. The van der Waals surface area contributed by atoms with E-state index in [1.807, 2.05) is 6.07 Å². The molecule has 1 unspecified atom stereocenters. The first kappa shape index (κ1) is 21.3. The molecule has 2 aliphatic heterocycles. The number of hydrogen-bond acceptors (Lipinski definition) is 8. The number of hydrogen-bond donors (Lipinski definition) is 1. The summed E-state index contributed by atoms with van der Waals surface area (Å²) in [6.45, 7) is 2.00. The van der Waals surface area contributed by atoms with E-state index >= 15 is 0 Å². The van der Waals surface area contributed by atoms with Gasteiger partial charge in [0, 0.05) is 38.7 Å². The molecular formula is C22H30N6O4S. The maximum Gasteiger partial charge on any atom is 0.246 e. The van der Waals surface area contributed by atoms with Crippen molar-refractivity contribution in [1.29, 1.82) is 0 Å². The second-order valence-corrected chi connectivity index (χ2v) is 11.7. The Morgan fingerprint density at radius 1 is 1.27 bits per heavy atom. The summed E-state index contributed by atoms with van der Waals surface area (Å²) in [4.78, 5) is 12.4. The van der Waals surface area contributed by atoms with Gasteiger partial charge in [-0.1, -0.05) is 5.16 Å². The van der Waals surface area contributed by atoms with E-state index in [0.717, 1.165) is 63.1 Å². The van der Waals surface area contributed by atoms with Crippen LogP contribution in [0.4, 0.5) is 5.82 Å². The molecule has 0 radical (unpaired) electrons. The van der Waals surface area contributed by atoms with Crippen molar-refractivity contribution < 1.29 is 18.0 Å². The summed E-state index contributed by atoms with van der Waals surface area (Å²) in [5.74, 6) is 1.32. The highest BCUT2D eigenvalue weighted by molar-refractivity contribution is 7.89. The largest absolute Gasteiger partial charge is 0.391 e. The zero-order valence-electron chi connectivity index (χ0n) is 18.8. The highest BCUT2D eigenvalue weighted by atomic mass is 32.2. The first-order valence-corrected chi connectivity index (χ1v) is 13.3. The standard InChI is InChI=1S/C22H30N6O4S/c1-31-17-11-22(12-17)5-8-27(9-6-22)20-4-7-28-21(25-20)19(14-23-28)33(29,30)24-13-16-10-18(26-32-16)15-2-3-15/h4,7,14-17,24H,2-3,5-6,8-13H2,1H3. The van der Waals surface area contributed by atoms with E-state index in [4.69, 9.17) is 14.6 Å². The van der Waals surface area contributed by atoms with Gasteiger partial charge in [0.2, 0.25) is 10.0 Å². The Morgan fingerprint density at radius 2 is 2.06 bits per heavy atom. The van der Waals surface area contributed by atoms with E-state index in [1.165, 1.54) is 10.7 Å². The lowest BCUT2D eigenvalue weighted by Crippen LogP contribution is -2.49. The van der Waals surface area contributed by atoms with Crippen LogP contribution in [-0.2, 0) is 19.6 Å². The molecule has 4 heterocycles. The SMILES string of the molecule is COC1CC2(CCN(c3ccn4ncc(S(=O)(=O)NCC5CC(C6CC6)=NO5)c4n3)CC2)C1. The first-order valence-electron chi connectivity index (χ1n) is 11.8. The third-order valence-electron chi connectivity index (χ3n) is 7.72. The van der Waals surface area contributed by atoms with Crippen molar-refractivity contribution in [2.45, 2.75) is 62.0 Å². The Balaban J connectivity index is 1.13. The van der Waals surface area contributed by atoms with Crippen LogP contribution in [0.25, 0.3) is 5.65 Å². The lowest BCUT2D eigenvalue weighted by molar-refractivity contribution is -0.0708. The minimum absolute atomic E-state index is 0.0843. The van der Waals surface area contributed by atoms with Gasteiger partial charge in [-0.25, -0.2) is 22.6 Å². The fourth-order valence-corrected chi connectivity index (χ4v) is 6.52. The summed E-state index contributed by atoms with van der Waals surface area (Å²) >= 11 is 0. The number of sulfonamides is 1. The predicted octanol–water partition coefficient (Wildman–Crippen LogP) is 1.96. The molecule has 2 aromatic heterocycles. The molecule has 1 N–H and O–H groups in total. The average molecular weight is 475 g/mol. The topological polar surface area (TPSA) is 110 Å². The highest BCUT2D eigenvalue weighted by Crippen LogP contribution is 2.50. The number of nitrogens with one attached hydrogen (secondary N) is 1. The van der Waals surface area contributed by atoms with Crippen molar-refractivity contribution in [2.24, 2.45) is 16.5 Å². The molecule has 178 valence electrons. The van der Waals surface area contributed by atoms with Gasteiger partial charge in [-0.2, -0.15) is 5.10 Å². The van der Waals surface area contributed by atoms with Gasteiger partial charge in [0.1, 0.15) is 16.8 Å². The van der Waals surface area contributed by atoms with E-state index in [2.05, 4.69) is 19.9 Å². The van der Waals surface area contributed by atoms with Crippen LogP contribution in [0.3, 0.4) is 0 Å². The van der Waals surface area contributed by atoms with Crippen molar-refractivity contribution >= 4 is 27.2 Å². The second kappa shape index (κ2) is 7.92. The molecule has 1 spiro atoms. The molecule has 1 atom stereocenters. The van der Waals surface area contributed by atoms with Gasteiger partial charge in [0.05, 0.1) is 24.6 Å². The molecule has 2 aromatic rings. The van der Waals surface area contributed by atoms with E-state index < -0.39 is 10.0 Å². The van der Waals surface area contributed by atoms with Crippen molar-refractivity contribution in [3.8, 4) is 0 Å². The summed E-state index contributed by atoms with van der Waals surface area (Å²) in [7, 11) is -1.99. The maximum atomic E-state index is 13.0. The Labute approximate surface area is 193 Å². The summed E-state index contributed by atoms with van der Waals surface area (Å²) in [5.41, 5.74) is 1.80. The molecule has 10 nitrogen and oxygen atoms in total. The monoisotopic (exact) mass is 474 g/mol. The van der Waals surface area contributed by atoms with Gasteiger partial charge in [-0.3, -0.25) is 0 Å². The number of ether oxygens (including phenoxy) is 1. The zero-order valence-corrected chi connectivity index (χ0v) is 19.6. The van der Waals surface area contributed by atoms with Crippen LogP contribution >= 0.6 is 0 Å². The Hall–Kier alpha value is -2.24. The van der Waals surface area contributed by atoms with Crippen LogP contribution in [0.15, 0.2) is 28.5 Å². The summed E-state index contributed by atoms with van der Waals surface area (Å²) in [5, 5.41) is 8.33. The van der Waals surface area contributed by atoms with E-state index in [-0.39, 0.29) is 17.5 Å². The van der Waals surface area contributed by atoms with Crippen LogP contribution in [0, 0.1) is 11.3 Å². The second-order valence-electron chi connectivity index (χ2n) is 9.96. The molecular weight excluding hydrogens is 444 g/mol. The Morgan fingerprint density at radius 3 is 2.79 bits per heavy atom. The quantitative estimate of drug-likeness (QED) is 0.653.